The third-order valence-electron chi connectivity index (χ3n) is 6.89. The predicted octanol–water partition coefficient (Wildman–Crippen LogP) is 4.81. The molecule has 5 aromatic rings. The number of benzene rings is 2. The Bertz CT molecular complexity index is 1590. The maximum atomic E-state index is 9.48. The molecule has 196 valence electrons. The lowest BCUT2D eigenvalue weighted by Gasteiger charge is -2.32. The Labute approximate surface area is 225 Å². The molecule has 1 aliphatic rings. The van der Waals surface area contributed by atoms with E-state index in [0.29, 0.717) is 29.1 Å². The van der Waals surface area contributed by atoms with Gasteiger partial charge in [0.1, 0.15) is 5.75 Å². The molecule has 0 radical (unpaired) electrons. The molecule has 2 aromatic carbocycles. The van der Waals surface area contributed by atoms with Crippen LogP contribution < -0.4 is 20.7 Å². The van der Waals surface area contributed by atoms with Crippen LogP contribution in [0.5, 0.6) is 11.6 Å². The Morgan fingerprint density at radius 1 is 0.897 bits per heavy atom. The van der Waals surface area contributed by atoms with Gasteiger partial charge in [-0.05, 0) is 61.2 Å². The average molecular weight is 521 g/mol. The lowest BCUT2D eigenvalue weighted by molar-refractivity contribution is 0.203. The van der Waals surface area contributed by atoms with Crippen LogP contribution in [0.25, 0.3) is 22.0 Å². The molecule has 0 atom stereocenters. The van der Waals surface area contributed by atoms with Crippen LogP contribution in [0.3, 0.4) is 0 Å². The highest BCUT2D eigenvalue weighted by Crippen LogP contribution is 2.34. The summed E-state index contributed by atoms with van der Waals surface area (Å²) in [5.41, 5.74) is 7.96. The molecular weight excluding hydrogens is 492 g/mol. The second-order valence-corrected chi connectivity index (χ2v) is 9.44. The quantitative estimate of drug-likeness (QED) is 0.274. The predicted molar refractivity (Wildman–Crippen MR) is 151 cm³/mol. The van der Waals surface area contributed by atoms with Crippen LogP contribution in [0, 0.1) is 5.92 Å². The van der Waals surface area contributed by atoms with Crippen molar-refractivity contribution in [3.8, 4) is 22.9 Å². The van der Waals surface area contributed by atoms with E-state index in [1.807, 2.05) is 48.5 Å². The molecule has 1 fully saturated rings. The second-order valence-electron chi connectivity index (χ2n) is 9.44. The minimum Gasteiger partial charge on any atom is -0.438 e. The van der Waals surface area contributed by atoms with E-state index in [1.54, 1.807) is 18.5 Å². The summed E-state index contributed by atoms with van der Waals surface area (Å²) >= 11 is 0. The summed E-state index contributed by atoms with van der Waals surface area (Å²) in [6.45, 7) is 1.97. The first-order valence-corrected chi connectivity index (χ1v) is 12.9. The number of nitrogens with one attached hydrogen (secondary N) is 1. The maximum Gasteiger partial charge on any atom is 0.228 e. The van der Waals surface area contributed by atoms with Gasteiger partial charge in [-0.1, -0.05) is 24.3 Å². The van der Waals surface area contributed by atoms with Crippen LogP contribution in [0.4, 0.5) is 23.3 Å². The lowest BCUT2D eigenvalue weighted by atomic mass is 9.97. The molecule has 39 heavy (non-hydrogen) atoms. The summed E-state index contributed by atoms with van der Waals surface area (Å²) in [5.74, 6) is 3.16. The fourth-order valence-electron chi connectivity index (χ4n) is 4.79. The number of ether oxygens (including phenoxy) is 1. The van der Waals surface area contributed by atoms with Crippen LogP contribution in [-0.2, 0) is 0 Å². The molecule has 0 spiro atoms. The van der Waals surface area contributed by atoms with Crippen molar-refractivity contribution in [3.63, 3.8) is 0 Å². The molecule has 4 heterocycles. The Kier molecular flexibility index (Phi) is 6.84. The fraction of sp³-hybridized carbons (Fsp3) is 0.207. The van der Waals surface area contributed by atoms with Gasteiger partial charge in [0, 0.05) is 48.5 Å². The van der Waals surface area contributed by atoms with Crippen LogP contribution in [0.15, 0.2) is 79.1 Å². The highest BCUT2D eigenvalue weighted by atomic mass is 16.5. The number of nitrogen functional groups attached to an aromatic ring is 1. The number of anilines is 4. The average Bonchev–Trinajstić information content (AvgIpc) is 2.99. The standard InChI is InChI=1S/C29H28N8O2/c30-29-32-15-11-25(34-29)24-6-3-14-31-28(24)39-21-9-7-20(8-10-21)33-26-22-4-1-2-5-23(22)27(36-35-26)37-16-12-19(18-38)13-17-37/h1-11,14-15,19,38H,12-13,16-18H2,(H,33,35)(H2,30,32,34). The van der Waals surface area contributed by atoms with Crippen molar-refractivity contribution < 1.29 is 9.84 Å². The molecule has 6 rings (SSSR count). The Balaban J connectivity index is 1.21. The molecule has 0 saturated carbocycles. The van der Waals surface area contributed by atoms with Gasteiger partial charge >= 0.3 is 0 Å². The summed E-state index contributed by atoms with van der Waals surface area (Å²) in [7, 11) is 0. The number of nitrogens with zero attached hydrogens (tertiary/aromatic N) is 6. The largest absolute Gasteiger partial charge is 0.438 e. The molecule has 4 N–H and O–H groups in total. The van der Waals surface area contributed by atoms with E-state index in [4.69, 9.17) is 10.5 Å². The molecule has 0 bridgehead atoms. The first-order valence-electron chi connectivity index (χ1n) is 12.9. The first kappa shape index (κ1) is 24.5. The number of rotatable bonds is 7. The number of hydrogen-bond acceptors (Lipinski definition) is 10. The van der Waals surface area contributed by atoms with E-state index < -0.39 is 0 Å². The van der Waals surface area contributed by atoms with Gasteiger partial charge in [-0.25, -0.2) is 15.0 Å². The van der Waals surface area contributed by atoms with Gasteiger partial charge in [-0.3, -0.25) is 0 Å². The summed E-state index contributed by atoms with van der Waals surface area (Å²) in [6, 6.07) is 21.2. The number of hydrogen-bond donors (Lipinski definition) is 3. The van der Waals surface area contributed by atoms with Crippen molar-refractivity contribution in [2.45, 2.75) is 12.8 Å². The SMILES string of the molecule is Nc1nccc(-c2cccnc2Oc2ccc(Nc3nnc(N4CCC(CO)CC4)c4ccccc34)cc2)n1. The van der Waals surface area contributed by atoms with Crippen molar-refractivity contribution in [1.82, 2.24) is 25.1 Å². The monoisotopic (exact) mass is 520 g/mol. The van der Waals surface area contributed by atoms with Crippen LogP contribution >= 0.6 is 0 Å². The number of aromatic nitrogens is 5. The first-order chi connectivity index (χ1) is 19.2. The molecule has 1 aliphatic heterocycles. The second kappa shape index (κ2) is 10.9. The smallest absolute Gasteiger partial charge is 0.228 e. The zero-order valence-corrected chi connectivity index (χ0v) is 21.2. The number of aliphatic hydroxyl groups excluding tert-OH is 1. The minimum absolute atomic E-state index is 0.188. The highest BCUT2D eigenvalue weighted by molar-refractivity contribution is 5.99. The third kappa shape index (κ3) is 5.27. The van der Waals surface area contributed by atoms with Gasteiger partial charge in [0.05, 0.1) is 11.3 Å². The lowest BCUT2D eigenvalue weighted by Crippen LogP contribution is -2.35. The van der Waals surface area contributed by atoms with E-state index in [9.17, 15) is 5.11 Å². The zero-order chi connectivity index (χ0) is 26.6. The molecule has 10 heteroatoms. The topological polar surface area (TPSA) is 135 Å². The van der Waals surface area contributed by atoms with Gasteiger partial charge in [0.15, 0.2) is 11.6 Å². The van der Waals surface area contributed by atoms with Gasteiger partial charge in [0.2, 0.25) is 11.8 Å². The Morgan fingerprint density at radius 3 is 2.46 bits per heavy atom. The summed E-state index contributed by atoms with van der Waals surface area (Å²) in [4.78, 5) is 14.9. The molecule has 0 aliphatic carbocycles. The fourth-order valence-corrected chi connectivity index (χ4v) is 4.79. The molecule has 3 aromatic heterocycles. The van der Waals surface area contributed by atoms with E-state index in [1.165, 1.54) is 0 Å². The van der Waals surface area contributed by atoms with E-state index >= 15 is 0 Å². The summed E-state index contributed by atoms with van der Waals surface area (Å²) in [6.07, 6.45) is 5.18. The number of pyridine rings is 1. The third-order valence-corrected chi connectivity index (χ3v) is 6.89. The number of fused-ring (bicyclic) bond motifs is 1. The van der Waals surface area contributed by atoms with Crippen molar-refractivity contribution in [2.24, 2.45) is 5.92 Å². The number of nitrogens with two attached hydrogens (primary N) is 1. The molecular formula is C29H28N8O2. The number of aliphatic hydroxyl groups is 1. The van der Waals surface area contributed by atoms with Gasteiger partial charge in [-0.2, -0.15) is 0 Å². The molecule has 1 saturated heterocycles. The van der Waals surface area contributed by atoms with Crippen LogP contribution in [0.1, 0.15) is 12.8 Å². The van der Waals surface area contributed by atoms with E-state index in [2.05, 4.69) is 47.5 Å². The number of piperidine rings is 1. The van der Waals surface area contributed by atoms with Crippen molar-refractivity contribution >= 4 is 34.0 Å². The zero-order valence-electron chi connectivity index (χ0n) is 21.2. The van der Waals surface area contributed by atoms with Gasteiger partial charge < -0.3 is 25.8 Å². The van der Waals surface area contributed by atoms with Crippen molar-refractivity contribution in [1.29, 1.82) is 0 Å². The van der Waals surface area contributed by atoms with Crippen molar-refractivity contribution in [3.05, 3.63) is 79.1 Å². The Hall–Kier alpha value is -4.83. The van der Waals surface area contributed by atoms with Gasteiger partial charge in [-0.15, -0.1) is 10.2 Å². The summed E-state index contributed by atoms with van der Waals surface area (Å²) < 4.78 is 6.09. The highest BCUT2D eigenvalue weighted by Gasteiger charge is 2.22. The maximum absolute atomic E-state index is 9.48. The molecule has 10 nitrogen and oxygen atoms in total. The Morgan fingerprint density at radius 2 is 1.69 bits per heavy atom. The summed E-state index contributed by atoms with van der Waals surface area (Å²) in [5, 5.41) is 24.1. The van der Waals surface area contributed by atoms with E-state index in [-0.39, 0.29) is 12.6 Å². The van der Waals surface area contributed by atoms with Gasteiger partial charge in [0.25, 0.3) is 0 Å². The van der Waals surface area contributed by atoms with Crippen LogP contribution in [0.2, 0.25) is 0 Å². The molecule has 0 amide bonds. The van der Waals surface area contributed by atoms with E-state index in [0.717, 1.165) is 53.8 Å². The van der Waals surface area contributed by atoms with Crippen LogP contribution in [-0.4, -0.2) is 50.0 Å². The normalized spacial score (nSPS) is 13.9. The molecule has 0 unspecified atom stereocenters. The van der Waals surface area contributed by atoms with Crippen molar-refractivity contribution in [2.75, 3.05) is 35.6 Å². The minimum atomic E-state index is 0.188.